The van der Waals surface area contributed by atoms with Gasteiger partial charge in [-0.25, -0.2) is 0 Å². The Hall–Kier alpha value is -0.870. The molecule has 2 atom stereocenters. The second kappa shape index (κ2) is 5.25. The third-order valence-electron chi connectivity index (χ3n) is 4.51. The maximum Gasteiger partial charge on any atom is 0.0625 e. The Morgan fingerprint density at radius 2 is 2.11 bits per heavy atom. The molecule has 2 unspecified atom stereocenters. The van der Waals surface area contributed by atoms with Crippen molar-refractivity contribution >= 4 is 0 Å². The van der Waals surface area contributed by atoms with Crippen molar-refractivity contribution in [1.82, 2.24) is 15.1 Å². The number of nitrogens with one attached hydrogen (secondary N) is 1. The molecule has 1 aromatic rings. The van der Waals surface area contributed by atoms with Gasteiger partial charge in [0, 0.05) is 17.3 Å². The van der Waals surface area contributed by atoms with Crippen LogP contribution in [0.1, 0.15) is 56.1 Å². The molecule has 108 valence electrons. The van der Waals surface area contributed by atoms with Gasteiger partial charge >= 0.3 is 0 Å². The lowest BCUT2D eigenvalue weighted by atomic mass is 9.97. The fourth-order valence-electron chi connectivity index (χ4n) is 3.34. The monoisotopic (exact) mass is 265 g/mol. The van der Waals surface area contributed by atoms with Crippen LogP contribution in [0.2, 0.25) is 0 Å². The normalized spacial score (nSPS) is 27.4. The van der Waals surface area contributed by atoms with Crippen LogP contribution in [0.15, 0.2) is 0 Å². The molecule has 1 aliphatic rings. The van der Waals surface area contributed by atoms with E-state index in [0.29, 0.717) is 12.1 Å². The summed E-state index contributed by atoms with van der Waals surface area (Å²) in [6.07, 6.45) is 3.06. The quantitative estimate of drug-likeness (QED) is 0.878. The molecule has 1 fully saturated rings. The van der Waals surface area contributed by atoms with Gasteiger partial charge in [0.25, 0.3) is 0 Å². The lowest BCUT2D eigenvalue weighted by Gasteiger charge is -2.31. The first-order valence-electron chi connectivity index (χ1n) is 7.29. The SMILES string of the molecule is Cc1nn(C2CCC(CO)(NC(C)C)C2)c(C)c1C. The van der Waals surface area contributed by atoms with Gasteiger partial charge in [-0.1, -0.05) is 13.8 Å². The van der Waals surface area contributed by atoms with Crippen LogP contribution in [0.25, 0.3) is 0 Å². The van der Waals surface area contributed by atoms with E-state index in [2.05, 4.69) is 49.7 Å². The smallest absolute Gasteiger partial charge is 0.0625 e. The van der Waals surface area contributed by atoms with Gasteiger partial charge in [0.05, 0.1) is 18.3 Å². The van der Waals surface area contributed by atoms with E-state index >= 15 is 0 Å². The van der Waals surface area contributed by atoms with Gasteiger partial charge in [0.2, 0.25) is 0 Å². The van der Waals surface area contributed by atoms with Crippen molar-refractivity contribution in [3.63, 3.8) is 0 Å². The maximum absolute atomic E-state index is 9.77. The molecular formula is C15H27N3O. The lowest BCUT2D eigenvalue weighted by molar-refractivity contribution is 0.151. The van der Waals surface area contributed by atoms with E-state index < -0.39 is 0 Å². The molecule has 0 aliphatic heterocycles. The van der Waals surface area contributed by atoms with Crippen molar-refractivity contribution in [3.05, 3.63) is 17.0 Å². The van der Waals surface area contributed by atoms with E-state index in [9.17, 15) is 5.11 Å². The maximum atomic E-state index is 9.77. The average molecular weight is 265 g/mol. The van der Waals surface area contributed by atoms with Crippen LogP contribution in [0.3, 0.4) is 0 Å². The third kappa shape index (κ3) is 2.70. The number of rotatable bonds is 4. The zero-order chi connectivity index (χ0) is 14.2. The summed E-state index contributed by atoms with van der Waals surface area (Å²) in [4.78, 5) is 0. The summed E-state index contributed by atoms with van der Waals surface area (Å²) in [5.74, 6) is 0. The highest BCUT2D eigenvalue weighted by Gasteiger charge is 2.40. The summed E-state index contributed by atoms with van der Waals surface area (Å²) in [6, 6.07) is 0.805. The van der Waals surface area contributed by atoms with Crippen LogP contribution >= 0.6 is 0 Å². The fraction of sp³-hybridized carbons (Fsp3) is 0.800. The van der Waals surface area contributed by atoms with E-state index in [4.69, 9.17) is 0 Å². The van der Waals surface area contributed by atoms with Crippen LogP contribution < -0.4 is 5.32 Å². The molecule has 0 aromatic carbocycles. The zero-order valence-corrected chi connectivity index (χ0v) is 12.8. The number of hydrogen-bond donors (Lipinski definition) is 2. The Kier molecular flexibility index (Phi) is 4.02. The van der Waals surface area contributed by atoms with E-state index in [1.54, 1.807) is 0 Å². The summed E-state index contributed by atoms with van der Waals surface area (Å²) >= 11 is 0. The standard InChI is InChI=1S/C15H27N3O/c1-10(2)16-15(9-19)7-6-14(8-15)18-13(5)11(3)12(4)17-18/h10,14,16,19H,6-9H2,1-5H3. The van der Waals surface area contributed by atoms with Crippen LogP contribution in [0, 0.1) is 20.8 Å². The minimum Gasteiger partial charge on any atom is -0.394 e. The number of aryl methyl sites for hydroxylation is 1. The molecule has 0 radical (unpaired) electrons. The molecule has 19 heavy (non-hydrogen) atoms. The highest BCUT2D eigenvalue weighted by Crippen LogP contribution is 2.38. The molecule has 1 aliphatic carbocycles. The van der Waals surface area contributed by atoms with Crippen LogP contribution in [0.4, 0.5) is 0 Å². The summed E-state index contributed by atoms with van der Waals surface area (Å²) in [7, 11) is 0. The average Bonchev–Trinajstić information content (AvgIpc) is 2.87. The molecule has 1 heterocycles. The van der Waals surface area contributed by atoms with Gasteiger partial charge in [0.1, 0.15) is 0 Å². The van der Waals surface area contributed by atoms with Gasteiger partial charge in [-0.05, 0) is 45.6 Å². The van der Waals surface area contributed by atoms with Crippen molar-refractivity contribution in [3.8, 4) is 0 Å². The summed E-state index contributed by atoms with van der Waals surface area (Å²) < 4.78 is 2.17. The lowest BCUT2D eigenvalue weighted by Crippen LogP contribution is -2.49. The number of nitrogens with zero attached hydrogens (tertiary/aromatic N) is 2. The molecule has 0 spiro atoms. The topological polar surface area (TPSA) is 50.1 Å². The molecule has 2 N–H and O–H groups in total. The predicted octanol–water partition coefficient (Wildman–Crippen LogP) is 2.26. The summed E-state index contributed by atoms with van der Waals surface area (Å²) in [6.45, 7) is 10.8. The highest BCUT2D eigenvalue weighted by molar-refractivity contribution is 5.23. The summed E-state index contributed by atoms with van der Waals surface area (Å²) in [5.41, 5.74) is 3.55. The number of aromatic nitrogens is 2. The Morgan fingerprint density at radius 3 is 2.58 bits per heavy atom. The molecule has 1 aromatic heterocycles. The number of aliphatic hydroxyl groups excluding tert-OH is 1. The molecule has 4 heteroatoms. The van der Waals surface area contributed by atoms with E-state index in [-0.39, 0.29) is 12.1 Å². The second-order valence-electron chi connectivity index (χ2n) is 6.37. The van der Waals surface area contributed by atoms with Gasteiger partial charge in [-0.2, -0.15) is 5.10 Å². The fourth-order valence-corrected chi connectivity index (χ4v) is 3.34. The van der Waals surface area contributed by atoms with Crippen molar-refractivity contribution in [2.24, 2.45) is 0 Å². The Bertz CT molecular complexity index is 452. The van der Waals surface area contributed by atoms with Crippen molar-refractivity contribution in [2.75, 3.05) is 6.61 Å². The number of aliphatic hydroxyl groups is 1. The predicted molar refractivity (Wildman–Crippen MR) is 77.4 cm³/mol. The molecular weight excluding hydrogens is 238 g/mol. The molecule has 0 saturated heterocycles. The van der Waals surface area contributed by atoms with Crippen molar-refractivity contribution in [1.29, 1.82) is 0 Å². The highest BCUT2D eigenvalue weighted by atomic mass is 16.3. The first-order chi connectivity index (χ1) is 8.88. The molecule has 2 rings (SSSR count). The molecule has 1 saturated carbocycles. The molecule has 0 amide bonds. The van der Waals surface area contributed by atoms with Crippen molar-refractivity contribution in [2.45, 2.75) is 71.5 Å². The van der Waals surface area contributed by atoms with E-state index in [1.165, 1.54) is 11.3 Å². The number of hydrogen-bond acceptors (Lipinski definition) is 3. The Morgan fingerprint density at radius 1 is 1.42 bits per heavy atom. The Balaban J connectivity index is 2.19. The third-order valence-corrected chi connectivity index (χ3v) is 4.51. The second-order valence-corrected chi connectivity index (χ2v) is 6.37. The zero-order valence-electron chi connectivity index (χ0n) is 12.8. The molecule has 0 bridgehead atoms. The molecule has 4 nitrogen and oxygen atoms in total. The van der Waals surface area contributed by atoms with Crippen LogP contribution in [-0.2, 0) is 0 Å². The minimum absolute atomic E-state index is 0.126. The largest absolute Gasteiger partial charge is 0.394 e. The van der Waals surface area contributed by atoms with E-state index in [1.807, 2.05) is 0 Å². The van der Waals surface area contributed by atoms with Gasteiger partial charge in [-0.3, -0.25) is 4.68 Å². The van der Waals surface area contributed by atoms with Crippen LogP contribution in [0.5, 0.6) is 0 Å². The van der Waals surface area contributed by atoms with Crippen LogP contribution in [-0.4, -0.2) is 33.1 Å². The minimum atomic E-state index is -0.126. The van der Waals surface area contributed by atoms with E-state index in [0.717, 1.165) is 25.0 Å². The van der Waals surface area contributed by atoms with Gasteiger partial charge in [-0.15, -0.1) is 0 Å². The summed E-state index contributed by atoms with van der Waals surface area (Å²) in [5, 5.41) is 18.0. The van der Waals surface area contributed by atoms with Crippen molar-refractivity contribution < 1.29 is 5.11 Å². The first kappa shape index (κ1) is 14.5. The first-order valence-corrected chi connectivity index (χ1v) is 7.29. The van der Waals surface area contributed by atoms with Gasteiger partial charge in [0.15, 0.2) is 0 Å². The Labute approximate surface area is 116 Å². The van der Waals surface area contributed by atoms with Gasteiger partial charge < -0.3 is 10.4 Å².